The second-order valence-corrected chi connectivity index (χ2v) is 7.46. The van der Waals surface area contributed by atoms with Gasteiger partial charge in [0.25, 0.3) is 0 Å². The number of benzene rings is 1. The Balaban J connectivity index is 1.56. The smallest absolute Gasteiger partial charge is 0.231 e. The maximum absolute atomic E-state index is 12.2. The van der Waals surface area contributed by atoms with Crippen LogP contribution in [0.1, 0.15) is 28.4 Å². The van der Waals surface area contributed by atoms with Crippen molar-refractivity contribution in [3.05, 3.63) is 70.1 Å². The van der Waals surface area contributed by atoms with Crippen molar-refractivity contribution in [2.45, 2.75) is 32.9 Å². The van der Waals surface area contributed by atoms with Crippen molar-refractivity contribution in [3.8, 4) is 6.07 Å². The third kappa shape index (κ3) is 6.05. The monoisotopic (exact) mass is 394 g/mol. The summed E-state index contributed by atoms with van der Waals surface area (Å²) in [6.07, 6.45) is 2.33. The van der Waals surface area contributed by atoms with E-state index in [2.05, 4.69) is 21.3 Å². The van der Waals surface area contributed by atoms with Gasteiger partial charge < -0.3 is 9.73 Å². The standard InChI is InChI=1S/C21H22N4O2S/c1-16-5-7-17(8-6-16)23-20(26)12-21-24-18(15-28-21)13-25(10-3-9-22)14-19-4-2-11-27-19/h2,4-8,11,15H,3,10,12-14H2,1H3,(H,23,26). The quantitative estimate of drug-likeness (QED) is 0.590. The minimum Gasteiger partial charge on any atom is -0.468 e. The number of hydrogen-bond acceptors (Lipinski definition) is 6. The number of amides is 1. The fourth-order valence-electron chi connectivity index (χ4n) is 2.76. The summed E-state index contributed by atoms with van der Waals surface area (Å²) in [4.78, 5) is 19.0. The Bertz CT molecular complexity index is 926. The van der Waals surface area contributed by atoms with Crippen LogP contribution in [0.3, 0.4) is 0 Å². The Morgan fingerprint density at radius 1 is 1.29 bits per heavy atom. The van der Waals surface area contributed by atoms with Gasteiger partial charge in [-0.15, -0.1) is 11.3 Å². The van der Waals surface area contributed by atoms with Gasteiger partial charge in [-0.1, -0.05) is 17.7 Å². The normalized spacial score (nSPS) is 10.8. The van der Waals surface area contributed by atoms with Crippen molar-refractivity contribution in [3.63, 3.8) is 0 Å². The van der Waals surface area contributed by atoms with Gasteiger partial charge in [0.2, 0.25) is 5.91 Å². The van der Waals surface area contributed by atoms with Gasteiger partial charge in [0.05, 0.1) is 31.0 Å². The van der Waals surface area contributed by atoms with Gasteiger partial charge in [-0.3, -0.25) is 9.69 Å². The summed E-state index contributed by atoms with van der Waals surface area (Å²) in [5.41, 5.74) is 2.83. The fourth-order valence-corrected chi connectivity index (χ4v) is 3.54. The Morgan fingerprint density at radius 2 is 2.11 bits per heavy atom. The third-order valence-electron chi connectivity index (χ3n) is 4.13. The zero-order chi connectivity index (χ0) is 19.8. The molecule has 0 saturated heterocycles. The SMILES string of the molecule is Cc1ccc(NC(=O)Cc2nc(CN(CCC#N)Cc3ccco3)cs2)cc1. The first kappa shape index (κ1) is 19.8. The maximum atomic E-state index is 12.2. The summed E-state index contributed by atoms with van der Waals surface area (Å²) in [6, 6.07) is 13.7. The van der Waals surface area contributed by atoms with Crippen LogP contribution in [0.2, 0.25) is 0 Å². The summed E-state index contributed by atoms with van der Waals surface area (Å²) in [5, 5.41) is 14.5. The lowest BCUT2D eigenvalue weighted by Crippen LogP contribution is -2.24. The van der Waals surface area contributed by atoms with E-state index in [1.165, 1.54) is 11.3 Å². The van der Waals surface area contributed by atoms with Crippen LogP contribution in [0.4, 0.5) is 5.69 Å². The molecule has 0 saturated carbocycles. The van der Waals surface area contributed by atoms with Gasteiger partial charge in [-0.05, 0) is 31.2 Å². The molecule has 7 heteroatoms. The van der Waals surface area contributed by atoms with Gasteiger partial charge in [0.1, 0.15) is 10.8 Å². The van der Waals surface area contributed by atoms with Crippen molar-refractivity contribution < 1.29 is 9.21 Å². The summed E-state index contributed by atoms with van der Waals surface area (Å²) in [5.74, 6) is 0.771. The van der Waals surface area contributed by atoms with Gasteiger partial charge in [0, 0.05) is 30.6 Å². The molecule has 1 aromatic carbocycles. The van der Waals surface area contributed by atoms with E-state index in [9.17, 15) is 4.79 Å². The summed E-state index contributed by atoms with van der Waals surface area (Å²) in [6.45, 7) is 3.88. The molecule has 0 aliphatic carbocycles. The molecule has 0 atom stereocenters. The second-order valence-electron chi connectivity index (χ2n) is 6.52. The average Bonchev–Trinajstić information content (AvgIpc) is 3.34. The minimum atomic E-state index is -0.0818. The highest BCUT2D eigenvalue weighted by Gasteiger charge is 2.13. The molecule has 1 N–H and O–H groups in total. The number of rotatable bonds is 9. The summed E-state index contributed by atoms with van der Waals surface area (Å²) >= 11 is 1.48. The molecule has 2 aromatic heterocycles. The van der Waals surface area contributed by atoms with Gasteiger partial charge in [0.15, 0.2) is 0 Å². The first-order chi connectivity index (χ1) is 13.6. The lowest BCUT2D eigenvalue weighted by Gasteiger charge is -2.18. The predicted molar refractivity (Wildman–Crippen MR) is 109 cm³/mol. The molecule has 0 fully saturated rings. The number of nitriles is 1. The molecule has 144 valence electrons. The average molecular weight is 395 g/mol. The topological polar surface area (TPSA) is 82.2 Å². The molecule has 2 heterocycles. The molecule has 3 aromatic rings. The van der Waals surface area contributed by atoms with E-state index in [0.717, 1.165) is 27.7 Å². The molecule has 28 heavy (non-hydrogen) atoms. The van der Waals surface area contributed by atoms with Crippen LogP contribution >= 0.6 is 11.3 Å². The molecule has 0 radical (unpaired) electrons. The van der Waals surface area contributed by atoms with E-state index < -0.39 is 0 Å². The zero-order valence-electron chi connectivity index (χ0n) is 15.7. The zero-order valence-corrected chi connectivity index (χ0v) is 16.5. The Labute approximate surface area is 168 Å². The minimum absolute atomic E-state index is 0.0818. The number of aromatic nitrogens is 1. The second kappa shape index (κ2) is 9.83. The number of anilines is 1. The van der Waals surface area contributed by atoms with Crippen molar-refractivity contribution in [1.82, 2.24) is 9.88 Å². The number of aryl methyl sites for hydroxylation is 1. The highest BCUT2D eigenvalue weighted by atomic mass is 32.1. The van der Waals surface area contributed by atoms with Crippen molar-refractivity contribution in [2.75, 3.05) is 11.9 Å². The molecule has 0 aliphatic heterocycles. The number of carbonyl (C=O) groups is 1. The van der Waals surface area contributed by atoms with Crippen molar-refractivity contribution in [2.24, 2.45) is 0 Å². The molecule has 0 bridgehead atoms. The van der Waals surface area contributed by atoms with Crippen LogP contribution in [-0.2, 0) is 24.3 Å². The molecule has 3 rings (SSSR count). The van der Waals surface area contributed by atoms with E-state index in [1.807, 2.05) is 48.7 Å². The maximum Gasteiger partial charge on any atom is 0.231 e. The van der Waals surface area contributed by atoms with Crippen LogP contribution in [0.5, 0.6) is 0 Å². The number of carbonyl (C=O) groups excluding carboxylic acids is 1. The van der Waals surface area contributed by atoms with Crippen LogP contribution in [-0.4, -0.2) is 22.3 Å². The molecule has 0 spiro atoms. The number of thiazole rings is 1. The van der Waals surface area contributed by atoms with Crippen LogP contribution in [0.25, 0.3) is 0 Å². The van der Waals surface area contributed by atoms with E-state index >= 15 is 0 Å². The van der Waals surface area contributed by atoms with Crippen molar-refractivity contribution in [1.29, 1.82) is 5.26 Å². The number of nitrogens with zero attached hydrogens (tertiary/aromatic N) is 3. The fraction of sp³-hybridized carbons (Fsp3) is 0.286. The van der Waals surface area contributed by atoms with Crippen molar-refractivity contribution >= 4 is 22.9 Å². The van der Waals surface area contributed by atoms with E-state index in [-0.39, 0.29) is 12.3 Å². The van der Waals surface area contributed by atoms with Crippen LogP contribution in [0.15, 0.2) is 52.5 Å². The lowest BCUT2D eigenvalue weighted by molar-refractivity contribution is -0.115. The predicted octanol–water partition coefficient (Wildman–Crippen LogP) is 4.14. The van der Waals surface area contributed by atoms with Gasteiger partial charge in [-0.25, -0.2) is 4.98 Å². The first-order valence-electron chi connectivity index (χ1n) is 9.04. The molecular weight excluding hydrogens is 372 g/mol. The molecule has 1 amide bonds. The Hall–Kier alpha value is -2.95. The third-order valence-corrected chi connectivity index (χ3v) is 5.03. The highest BCUT2D eigenvalue weighted by Crippen LogP contribution is 2.16. The molecule has 0 aliphatic rings. The van der Waals surface area contributed by atoms with E-state index in [4.69, 9.17) is 9.68 Å². The Morgan fingerprint density at radius 3 is 2.82 bits per heavy atom. The van der Waals surface area contributed by atoms with Crippen LogP contribution in [0, 0.1) is 18.3 Å². The molecule has 6 nitrogen and oxygen atoms in total. The number of nitrogens with one attached hydrogen (secondary N) is 1. The largest absolute Gasteiger partial charge is 0.468 e. The first-order valence-corrected chi connectivity index (χ1v) is 9.92. The summed E-state index contributed by atoms with van der Waals surface area (Å²) in [7, 11) is 0. The highest BCUT2D eigenvalue weighted by molar-refractivity contribution is 7.09. The molecular formula is C21H22N4O2S. The molecule has 0 unspecified atom stereocenters. The Kier molecular flexibility index (Phi) is 6.95. The van der Waals surface area contributed by atoms with Gasteiger partial charge >= 0.3 is 0 Å². The van der Waals surface area contributed by atoms with Gasteiger partial charge in [-0.2, -0.15) is 5.26 Å². The van der Waals surface area contributed by atoms with Crippen LogP contribution < -0.4 is 5.32 Å². The van der Waals surface area contributed by atoms with E-state index in [1.54, 1.807) is 6.26 Å². The van der Waals surface area contributed by atoms with E-state index in [0.29, 0.717) is 26.1 Å². The summed E-state index contributed by atoms with van der Waals surface area (Å²) < 4.78 is 5.41. The number of furan rings is 1. The number of hydrogen-bond donors (Lipinski definition) is 1. The lowest BCUT2D eigenvalue weighted by atomic mass is 10.2.